The molecule has 2 aromatic rings. The van der Waals surface area contributed by atoms with E-state index in [1.54, 1.807) is 0 Å². The summed E-state index contributed by atoms with van der Waals surface area (Å²) in [6, 6.07) is 16.4. The van der Waals surface area contributed by atoms with Gasteiger partial charge in [0.25, 0.3) is 0 Å². The van der Waals surface area contributed by atoms with Gasteiger partial charge in [-0.1, -0.05) is 43.3 Å². The molecular formula is C17H17NO. The molecule has 1 aliphatic rings. The highest BCUT2D eigenvalue weighted by molar-refractivity contribution is 6.02. The standard InChI is InChI=1S/C17H17NO/c1-2-17(19)18-15-9-5-3-7-13(15)11-12-14-8-4-6-10-16(14)18/h3-10H,2,11-12H2,1H3. The van der Waals surface area contributed by atoms with Crippen LogP contribution < -0.4 is 4.90 Å². The molecule has 0 fully saturated rings. The van der Waals surface area contributed by atoms with Gasteiger partial charge in [-0.2, -0.15) is 0 Å². The number of amides is 1. The van der Waals surface area contributed by atoms with Gasteiger partial charge in [0.2, 0.25) is 5.91 Å². The molecule has 1 heterocycles. The number of anilines is 2. The van der Waals surface area contributed by atoms with Gasteiger partial charge in [-0.15, -0.1) is 0 Å². The van der Waals surface area contributed by atoms with E-state index in [0.29, 0.717) is 6.42 Å². The minimum atomic E-state index is 0.154. The second-order valence-electron chi connectivity index (χ2n) is 4.84. The molecule has 0 atom stereocenters. The van der Waals surface area contributed by atoms with Crippen LogP contribution in [0.15, 0.2) is 48.5 Å². The van der Waals surface area contributed by atoms with Crippen LogP contribution in [0.3, 0.4) is 0 Å². The van der Waals surface area contributed by atoms with Crippen molar-refractivity contribution in [3.8, 4) is 0 Å². The second-order valence-corrected chi connectivity index (χ2v) is 4.84. The van der Waals surface area contributed by atoms with E-state index in [1.165, 1.54) is 11.1 Å². The van der Waals surface area contributed by atoms with Gasteiger partial charge in [0.15, 0.2) is 0 Å². The molecular weight excluding hydrogens is 234 g/mol. The molecule has 0 saturated carbocycles. The fourth-order valence-electron chi connectivity index (χ4n) is 2.71. The number of carbonyl (C=O) groups is 1. The normalized spacial score (nSPS) is 13.4. The van der Waals surface area contributed by atoms with Gasteiger partial charge in [-0.25, -0.2) is 0 Å². The summed E-state index contributed by atoms with van der Waals surface area (Å²) >= 11 is 0. The molecule has 1 amide bonds. The molecule has 0 saturated heterocycles. The zero-order chi connectivity index (χ0) is 13.2. The van der Waals surface area contributed by atoms with Crippen molar-refractivity contribution in [1.82, 2.24) is 0 Å². The number of benzene rings is 2. The quantitative estimate of drug-likeness (QED) is 0.753. The monoisotopic (exact) mass is 251 g/mol. The zero-order valence-corrected chi connectivity index (χ0v) is 11.1. The lowest BCUT2D eigenvalue weighted by atomic mass is 10.0. The summed E-state index contributed by atoms with van der Waals surface area (Å²) in [5, 5.41) is 0. The summed E-state index contributed by atoms with van der Waals surface area (Å²) in [6.45, 7) is 1.92. The lowest BCUT2D eigenvalue weighted by Crippen LogP contribution is -2.25. The van der Waals surface area contributed by atoms with E-state index in [0.717, 1.165) is 24.2 Å². The first-order valence-electron chi connectivity index (χ1n) is 6.80. The molecule has 3 rings (SSSR count). The summed E-state index contributed by atoms with van der Waals surface area (Å²) in [4.78, 5) is 14.3. The van der Waals surface area contributed by atoms with Crippen LogP contribution in [0.2, 0.25) is 0 Å². The van der Waals surface area contributed by atoms with Crippen LogP contribution in [0.1, 0.15) is 24.5 Å². The predicted octanol–water partition coefficient (Wildman–Crippen LogP) is 3.86. The Hall–Kier alpha value is -2.09. The molecule has 2 heteroatoms. The summed E-state index contributed by atoms with van der Waals surface area (Å²) in [7, 11) is 0. The Bertz CT molecular complexity index is 571. The third-order valence-electron chi connectivity index (χ3n) is 3.68. The van der Waals surface area contributed by atoms with Crippen molar-refractivity contribution in [3.05, 3.63) is 59.7 Å². The molecule has 2 aromatic carbocycles. The number of hydrogen-bond acceptors (Lipinski definition) is 1. The minimum Gasteiger partial charge on any atom is -0.281 e. The molecule has 0 aliphatic carbocycles. The lowest BCUT2D eigenvalue weighted by Gasteiger charge is -2.24. The summed E-state index contributed by atoms with van der Waals surface area (Å²) < 4.78 is 0. The van der Waals surface area contributed by atoms with Gasteiger partial charge in [-0.3, -0.25) is 9.69 Å². The summed E-state index contributed by atoms with van der Waals surface area (Å²) in [5.74, 6) is 0.154. The van der Waals surface area contributed by atoms with Crippen LogP contribution in [0.5, 0.6) is 0 Å². The third kappa shape index (κ3) is 2.03. The first kappa shape index (κ1) is 12.0. The van der Waals surface area contributed by atoms with Crippen LogP contribution in [0.4, 0.5) is 11.4 Å². The van der Waals surface area contributed by atoms with Crippen molar-refractivity contribution >= 4 is 17.3 Å². The van der Waals surface area contributed by atoms with E-state index in [2.05, 4.69) is 12.1 Å². The van der Waals surface area contributed by atoms with Gasteiger partial charge >= 0.3 is 0 Å². The molecule has 1 aliphatic heterocycles. The van der Waals surface area contributed by atoms with Crippen molar-refractivity contribution < 1.29 is 4.79 Å². The molecule has 0 aromatic heterocycles. The number of aryl methyl sites for hydroxylation is 2. The number of para-hydroxylation sites is 2. The van der Waals surface area contributed by atoms with Crippen LogP contribution in [-0.4, -0.2) is 5.91 Å². The van der Waals surface area contributed by atoms with Gasteiger partial charge < -0.3 is 0 Å². The first-order chi connectivity index (χ1) is 9.31. The SMILES string of the molecule is CCC(=O)N1c2ccccc2CCc2ccccc21. The summed E-state index contributed by atoms with van der Waals surface area (Å²) in [5.41, 5.74) is 4.58. The average Bonchev–Trinajstić information content (AvgIpc) is 2.63. The van der Waals surface area contributed by atoms with Crippen LogP contribution in [0.25, 0.3) is 0 Å². The van der Waals surface area contributed by atoms with Crippen molar-refractivity contribution in [2.75, 3.05) is 4.90 Å². The van der Waals surface area contributed by atoms with Crippen molar-refractivity contribution in [1.29, 1.82) is 0 Å². The number of rotatable bonds is 1. The van der Waals surface area contributed by atoms with Crippen LogP contribution in [-0.2, 0) is 17.6 Å². The van der Waals surface area contributed by atoms with Crippen LogP contribution >= 0.6 is 0 Å². The van der Waals surface area contributed by atoms with Crippen molar-refractivity contribution in [2.24, 2.45) is 0 Å². The van der Waals surface area contributed by atoms with Gasteiger partial charge in [-0.05, 0) is 36.1 Å². The van der Waals surface area contributed by atoms with Gasteiger partial charge in [0.1, 0.15) is 0 Å². The molecule has 0 N–H and O–H groups in total. The molecule has 0 unspecified atom stereocenters. The molecule has 2 nitrogen and oxygen atoms in total. The molecule has 96 valence electrons. The number of hydrogen-bond donors (Lipinski definition) is 0. The fourth-order valence-corrected chi connectivity index (χ4v) is 2.71. The Morgan fingerprint density at radius 1 is 0.947 bits per heavy atom. The third-order valence-corrected chi connectivity index (χ3v) is 3.68. The Morgan fingerprint density at radius 3 is 1.89 bits per heavy atom. The number of fused-ring (bicyclic) bond motifs is 2. The average molecular weight is 251 g/mol. The number of carbonyl (C=O) groups excluding carboxylic acids is 1. The van der Waals surface area contributed by atoms with E-state index in [4.69, 9.17) is 0 Å². The molecule has 0 radical (unpaired) electrons. The van der Waals surface area contributed by atoms with E-state index in [1.807, 2.05) is 48.2 Å². The molecule has 0 bridgehead atoms. The summed E-state index contributed by atoms with van der Waals surface area (Å²) in [6.07, 6.45) is 2.49. The first-order valence-corrected chi connectivity index (χ1v) is 6.80. The maximum Gasteiger partial charge on any atom is 0.231 e. The van der Waals surface area contributed by atoms with E-state index >= 15 is 0 Å². The fraction of sp³-hybridized carbons (Fsp3) is 0.235. The largest absolute Gasteiger partial charge is 0.281 e. The predicted molar refractivity (Wildman–Crippen MR) is 77.7 cm³/mol. The molecule has 0 spiro atoms. The number of nitrogens with zero attached hydrogens (tertiary/aromatic N) is 1. The maximum absolute atomic E-state index is 12.4. The minimum absolute atomic E-state index is 0.154. The highest BCUT2D eigenvalue weighted by Gasteiger charge is 2.23. The lowest BCUT2D eigenvalue weighted by molar-refractivity contribution is -0.117. The zero-order valence-electron chi connectivity index (χ0n) is 11.1. The Labute approximate surface area is 113 Å². The topological polar surface area (TPSA) is 20.3 Å². The van der Waals surface area contributed by atoms with E-state index in [-0.39, 0.29) is 5.91 Å². The van der Waals surface area contributed by atoms with Crippen molar-refractivity contribution in [3.63, 3.8) is 0 Å². The Morgan fingerprint density at radius 2 is 1.42 bits per heavy atom. The Kier molecular flexibility index (Phi) is 3.08. The smallest absolute Gasteiger partial charge is 0.231 e. The molecule has 19 heavy (non-hydrogen) atoms. The van der Waals surface area contributed by atoms with Crippen LogP contribution in [0, 0.1) is 0 Å². The van der Waals surface area contributed by atoms with Crippen molar-refractivity contribution in [2.45, 2.75) is 26.2 Å². The second kappa shape index (κ2) is 4.88. The van der Waals surface area contributed by atoms with E-state index < -0.39 is 0 Å². The Balaban J connectivity index is 2.22. The van der Waals surface area contributed by atoms with Gasteiger partial charge in [0.05, 0.1) is 11.4 Å². The highest BCUT2D eigenvalue weighted by Crippen LogP contribution is 2.36. The van der Waals surface area contributed by atoms with Gasteiger partial charge in [0, 0.05) is 6.42 Å². The maximum atomic E-state index is 12.4. The highest BCUT2D eigenvalue weighted by atomic mass is 16.2. The van der Waals surface area contributed by atoms with E-state index in [9.17, 15) is 4.79 Å².